The van der Waals surface area contributed by atoms with Crippen molar-refractivity contribution in [2.24, 2.45) is 11.8 Å². The Morgan fingerprint density at radius 2 is 1.93 bits per heavy atom. The van der Waals surface area contributed by atoms with E-state index in [0.717, 1.165) is 5.69 Å². The van der Waals surface area contributed by atoms with Gasteiger partial charge in [0.15, 0.2) is 0 Å². The molecule has 1 atom stereocenters. The Kier molecular flexibility index (Phi) is 4.11. The van der Waals surface area contributed by atoms with Gasteiger partial charge in [0.25, 0.3) is 0 Å². The molecule has 0 saturated heterocycles. The first-order valence-electron chi connectivity index (χ1n) is 5.02. The number of rotatable bonds is 4. The zero-order valence-corrected chi connectivity index (χ0v) is 9.00. The highest BCUT2D eigenvalue weighted by atomic mass is 19.1. The summed E-state index contributed by atoms with van der Waals surface area (Å²) in [7, 11) is 0. The summed E-state index contributed by atoms with van der Waals surface area (Å²) in [5.74, 6) is 0.0549. The van der Waals surface area contributed by atoms with Crippen LogP contribution in [0, 0.1) is 29.0 Å². The molecule has 1 unspecified atom stereocenters. The molecule has 0 spiro atoms. The molecule has 0 amide bonds. The lowest BCUT2D eigenvalue weighted by molar-refractivity contribution is 0.496. The molecule has 0 bridgehead atoms. The molecule has 3 heteroatoms. The molecule has 2 nitrogen and oxygen atoms in total. The van der Waals surface area contributed by atoms with Crippen LogP contribution in [0.4, 0.5) is 10.1 Å². The van der Waals surface area contributed by atoms with Crippen LogP contribution in [-0.4, -0.2) is 6.54 Å². The standard InChI is InChI=1S/C12H15FN2/c1-9(2)10(7-14)8-15-12-5-3-11(13)4-6-12/h3-6,9-10,15H,8H2,1-2H3. The normalized spacial score (nSPS) is 12.2. The molecule has 80 valence electrons. The van der Waals surface area contributed by atoms with E-state index in [1.165, 1.54) is 12.1 Å². The van der Waals surface area contributed by atoms with E-state index >= 15 is 0 Å². The Balaban J connectivity index is 2.50. The summed E-state index contributed by atoms with van der Waals surface area (Å²) in [5, 5.41) is 12.0. The molecule has 0 aliphatic carbocycles. The van der Waals surface area contributed by atoms with Crippen molar-refractivity contribution in [2.75, 3.05) is 11.9 Å². The van der Waals surface area contributed by atoms with E-state index in [2.05, 4.69) is 11.4 Å². The van der Waals surface area contributed by atoms with Gasteiger partial charge >= 0.3 is 0 Å². The molecule has 15 heavy (non-hydrogen) atoms. The molecule has 0 aromatic heterocycles. The van der Waals surface area contributed by atoms with Crippen LogP contribution < -0.4 is 5.32 Å². The summed E-state index contributed by atoms with van der Waals surface area (Å²) in [6.45, 7) is 4.63. The largest absolute Gasteiger partial charge is 0.384 e. The van der Waals surface area contributed by atoms with Crippen molar-refractivity contribution < 1.29 is 4.39 Å². The molecule has 1 aromatic carbocycles. The van der Waals surface area contributed by atoms with Gasteiger partial charge in [-0.25, -0.2) is 4.39 Å². The van der Waals surface area contributed by atoms with E-state index in [4.69, 9.17) is 5.26 Å². The van der Waals surface area contributed by atoms with Crippen LogP contribution in [0.3, 0.4) is 0 Å². The molecule has 0 fully saturated rings. The predicted molar refractivity (Wildman–Crippen MR) is 58.8 cm³/mol. The molecule has 1 rings (SSSR count). The number of anilines is 1. The maximum Gasteiger partial charge on any atom is 0.123 e. The first kappa shape index (κ1) is 11.5. The SMILES string of the molecule is CC(C)C(C#N)CNc1ccc(F)cc1. The third kappa shape index (κ3) is 3.59. The molecule has 1 aromatic rings. The highest BCUT2D eigenvalue weighted by Crippen LogP contribution is 2.13. The van der Waals surface area contributed by atoms with Crippen LogP contribution in [0.5, 0.6) is 0 Å². The number of nitriles is 1. The van der Waals surface area contributed by atoms with Crippen molar-refractivity contribution in [2.45, 2.75) is 13.8 Å². The molecule has 0 radical (unpaired) electrons. The van der Waals surface area contributed by atoms with Gasteiger partial charge in [-0.15, -0.1) is 0 Å². The van der Waals surface area contributed by atoms with Crippen molar-refractivity contribution in [1.29, 1.82) is 5.26 Å². The summed E-state index contributed by atoms with van der Waals surface area (Å²) < 4.78 is 12.6. The van der Waals surface area contributed by atoms with E-state index in [1.54, 1.807) is 12.1 Å². The molecule has 0 aliphatic rings. The quantitative estimate of drug-likeness (QED) is 0.821. The van der Waals surface area contributed by atoms with Gasteiger partial charge in [0.1, 0.15) is 5.82 Å². The van der Waals surface area contributed by atoms with Crippen LogP contribution in [0.2, 0.25) is 0 Å². The van der Waals surface area contributed by atoms with Gasteiger partial charge in [0.2, 0.25) is 0 Å². The zero-order chi connectivity index (χ0) is 11.3. The first-order valence-corrected chi connectivity index (χ1v) is 5.02. The predicted octanol–water partition coefficient (Wildman–Crippen LogP) is 3.03. The Bertz CT molecular complexity index is 338. The van der Waals surface area contributed by atoms with E-state index in [0.29, 0.717) is 12.5 Å². The van der Waals surface area contributed by atoms with E-state index < -0.39 is 0 Å². The van der Waals surface area contributed by atoms with Gasteiger partial charge in [0.05, 0.1) is 12.0 Å². The lowest BCUT2D eigenvalue weighted by Crippen LogP contribution is -2.17. The second-order valence-electron chi connectivity index (χ2n) is 3.87. The number of nitrogens with zero attached hydrogens (tertiary/aromatic N) is 1. The number of nitrogens with one attached hydrogen (secondary N) is 1. The van der Waals surface area contributed by atoms with E-state index in [9.17, 15) is 4.39 Å². The van der Waals surface area contributed by atoms with Crippen molar-refractivity contribution in [1.82, 2.24) is 0 Å². The van der Waals surface area contributed by atoms with Gasteiger partial charge in [-0.3, -0.25) is 0 Å². The van der Waals surface area contributed by atoms with Gasteiger partial charge in [0, 0.05) is 12.2 Å². The van der Waals surface area contributed by atoms with E-state index in [-0.39, 0.29) is 11.7 Å². The number of benzene rings is 1. The summed E-state index contributed by atoms with van der Waals surface area (Å²) in [4.78, 5) is 0. The summed E-state index contributed by atoms with van der Waals surface area (Å²) in [6.07, 6.45) is 0. The molecule has 1 N–H and O–H groups in total. The molecule has 0 heterocycles. The highest BCUT2D eigenvalue weighted by molar-refractivity contribution is 5.42. The molecular formula is C12H15FN2. The maximum atomic E-state index is 12.6. The van der Waals surface area contributed by atoms with Crippen molar-refractivity contribution in [3.8, 4) is 6.07 Å². The Labute approximate surface area is 89.7 Å². The van der Waals surface area contributed by atoms with Crippen molar-refractivity contribution in [3.05, 3.63) is 30.1 Å². The zero-order valence-electron chi connectivity index (χ0n) is 9.00. The highest BCUT2D eigenvalue weighted by Gasteiger charge is 2.11. The monoisotopic (exact) mass is 206 g/mol. The average molecular weight is 206 g/mol. The molecular weight excluding hydrogens is 191 g/mol. The lowest BCUT2D eigenvalue weighted by Gasteiger charge is -2.14. The lowest BCUT2D eigenvalue weighted by atomic mass is 9.97. The minimum atomic E-state index is -0.249. The summed E-state index contributed by atoms with van der Waals surface area (Å²) in [5.41, 5.74) is 0.845. The fourth-order valence-corrected chi connectivity index (χ4v) is 1.23. The van der Waals surface area contributed by atoms with Crippen LogP contribution in [-0.2, 0) is 0 Å². The van der Waals surface area contributed by atoms with Gasteiger partial charge in [-0.1, -0.05) is 13.8 Å². The Hall–Kier alpha value is -1.56. The molecule has 0 aliphatic heterocycles. The Morgan fingerprint density at radius 1 is 1.33 bits per heavy atom. The van der Waals surface area contributed by atoms with Crippen LogP contribution in [0.1, 0.15) is 13.8 Å². The Morgan fingerprint density at radius 3 is 2.40 bits per heavy atom. The van der Waals surface area contributed by atoms with E-state index in [1.807, 2.05) is 13.8 Å². The second kappa shape index (κ2) is 5.35. The third-order valence-corrected chi connectivity index (χ3v) is 2.34. The van der Waals surface area contributed by atoms with Gasteiger partial charge in [-0.2, -0.15) is 5.26 Å². The fourth-order valence-electron chi connectivity index (χ4n) is 1.23. The van der Waals surface area contributed by atoms with Crippen LogP contribution in [0.15, 0.2) is 24.3 Å². The average Bonchev–Trinajstić information content (AvgIpc) is 2.21. The maximum absolute atomic E-state index is 12.6. The number of halogens is 1. The number of hydrogen-bond donors (Lipinski definition) is 1. The first-order chi connectivity index (χ1) is 7.13. The van der Waals surface area contributed by atoms with Crippen LogP contribution in [0.25, 0.3) is 0 Å². The minimum absolute atomic E-state index is 0.0185. The smallest absolute Gasteiger partial charge is 0.123 e. The van der Waals surface area contributed by atoms with Gasteiger partial charge in [-0.05, 0) is 30.2 Å². The topological polar surface area (TPSA) is 35.8 Å². The summed E-state index contributed by atoms with van der Waals surface area (Å²) >= 11 is 0. The van der Waals surface area contributed by atoms with Crippen molar-refractivity contribution >= 4 is 5.69 Å². The molecule has 0 saturated carbocycles. The summed E-state index contributed by atoms with van der Waals surface area (Å²) in [6, 6.07) is 8.39. The van der Waals surface area contributed by atoms with Gasteiger partial charge < -0.3 is 5.32 Å². The van der Waals surface area contributed by atoms with Crippen LogP contribution >= 0.6 is 0 Å². The number of hydrogen-bond acceptors (Lipinski definition) is 2. The van der Waals surface area contributed by atoms with Crippen molar-refractivity contribution in [3.63, 3.8) is 0 Å². The second-order valence-corrected chi connectivity index (χ2v) is 3.87. The minimum Gasteiger partial charge on any atom is -0.384 e. The third-order valence-electron chi connectivity index (χ3n) is 2.34. The fraction of sp³-hybridized carbons (Fsp3) is 0.417.